The SMILES string of the molecule is C=C(C)C(=O)OO.[CH3-].[U]. The summed E-state index contributed by atoms with van der Waals surface area (Å²) in [6.07, 6.45) is 0. The fourth-order valence-electron chi connectivity index (χ4n) is 0.0779. The molecule has 0 aliphatic carbocycles. The minimum Gasteiger partial charge on any atom is -0.358 e. The van der Waals surface area contributed by atoms with Crippen LogP contribution in [0.25, 0.3) is 0 Å². The summed E-state index contributed by atoms with van der Waals surface area (Å²) in [5.74, 6) is -0.792. The maximum absolute atomic E-state index is 9.94. The van der Waals surface area contributed by atoms with E-state index in [1.54, 1.807) is 0 Å². The van der Waals surface area contributed by atoms with Gasteiger partial charge in [-0.05, 0) is 6.92 Å². The second kappa shape index (κ2) is 8.22. The van der Waals surface area contributed by atoms with Gasteiger partial charge < -0.3 is 7.43 Å². The van der Waals surface area contributed by atoms with E-state index in [2.05, 4.69) is 11.5 Å². The molecule has 0 saturated carbocycles. The first-order valence-electron chi connectivity index (χ1n) is 1.69. The fourth-order valence-corrected chi connectivity index (χ4v) is 0.0779. The van der Waals surface area contributed by atoms with E-state index in [0.29, 0.717) is 0 Å². The molecule has 0 amide bonds. The molecular formula is C5H9O3U-. The summed E-state index contributed by atoms with van der Waals surface area (Å²) < 4.78 is 0. The summed E-state index contributed by atoms with van der Waals surface area (Å²) in [7, 11) is 0. The van der Waals surface area contributed by atoms with Crippen LogP contribution in [0.2, 0.25) is 0 Å². The van der Waals surface area contributed by atoms with Crippen molar-refractivity contribution in [3.63, 3.8) is 0 Å². The summed E-state index contributed by atoms with van der Waals surface area (Å²) in [6.45, 7) is 4.63. The second-order valence-electron chi connectivity index (χ2n) is 1.16. The molecule has 0 atom stereocenters. The molecule has 1 N–H and O–H groups in total. The molecule has 0 aromatic heterocycles. The molecule has 0 radical (unpaired) electrons. The van der Waals surface area contributed by atoms with Crippen molar-refractivity contribution in [2.45, 2.75) is 6.92 Å². The molecule has 0 aromatic rings. The zero-order valence-corrected chi connectivity index (χ0v) is 9.63. The van der Waals surface area contributed by atoms with E-state index >= 15 is 0 Å². The quantitative estimate of drug-likeness (QED) is 0.331. The van der Waals surface area contributed by atoms with Gasteiger partial charge in [0.05, 0.1) is 0 Å². The maximum atomic E-state index is 9.94. The smallest absolute Gasteiger partial charge is 0.358 e. The van der Waals surface area contributed by atoms with Crippen LogP contribution in [0.15, 0.2) is 12.2 Å². The third kappa shape index (κ3) is 8.22. The van der Waals surface area contributed by atoms with E-state index in [1.165, 1.54) is 6.92 Å². The predicted molar refractivity (Wildman–Crippen MR) is 29.9 cm³/mol. The normalized spacial score (nSPS) is 6.00. The van der Waals surface area contributed by atoms with Crippen LogP contribution in [-0.4, -0.2) is 11.2 Å². The number of carbonyl (C=O) groups is 1. The van der Waals surface area contributed by atoms with Crippen molar-refractivity contribution in [1.29, 1.82) is 0 Å². The molecule has 0 heterocycles. The second-order valence-corrected chi connectivity index (χ2v) is 1.16. The molecule has 0 spiro atoms. The van der Waals surface area contributed by atoms with E-state index < -0.39 is 5.97 Å². The number of carbonyl (C=O) groups excluding carboxylic acids is 1. The van der Waals surface area contributed by atoms with Gasteiger partial charge in [-0.15, -0.1) is 0 Å². The Labute approximate surface area is 78.4 Å². The molecule has 0 rings (SSSR count). The average molecular weight is 355 g/mol. The minimum absolute atomic E-state index is 0. The van der Waals surface area contributed by atoms with E-state index in [-0.39, 0.29) is 44.1 Å². The first kappa shape index (κ1) is 16.1. The Morgan fingerprint density at radius 3 is 2.00 bits per heavy atom. The first-order chi connectivity index (χ1) is 3.18. The van der Waals surface area contributed by atoms with Crippen LogP contribution in [-0.2, 0) is 9.68 Å². The van der Waals surface area contributed by atoms with Gasteiger partial charge in [-0.3, -0.25) is 4.89 Å². The standard InChI is InChI=1S/C4H6O3.CH3.U/c1-3(2)4(5)7-6;;/h6H,1H2,2H3;1H3;/q;-1;. The van der Waals surface area contributed by atoms with Crippen molar-refractivity contribution in [3.05, 3.63) is 19.6 Å². The van der Waals surface area contributed by atoms with Crippen molar-refractivity contribution in [1.82, 2.24) is 0 Å². The summed E-state index contributed by atoms with van der Waals surface area (Å²) in [6, 6.07) is 0. The predicted octanol–water partition coefficient (Wildman–Crippen LogP) is 1.03. The largest absolute Gasteiger partial charge is 0.367 e. The van der Waals surface area contributed by atoms with Crippen LogP contribution in [0, 0.1) is 38.5 Å². The molecule has 4 heteroatoms. The Bertz CT molecular complexity index is 100. The van der Waals surface area contributed by atoms with Crippen LogP contribution in [0.4, 0.5) is 0 Å². The Morgan fingerprint density at radius 1 is 1.67 bits per heavy atom. The zero-order chi connectivity index (χ0) is 5.86. The van der Waals surface area contributed by atoms with Crippen LogP contribution < -0.4 is 0 Å². The Hall–Kier alpha value is 0.222. The monoisotopic (exact) mass is 355 g/mol. The molecule has 0 aliphatic heterocycles. The number of hydrogen-bond donors (Lipinski definition) is 1. The molecule has 52 valence electrons. The molecule has 0 fully saturated rings. The van der Waals surface area contributed by atoms with Gasteiger partial charge >= 0.3 is 5.97 Å². The molecule has 3 nitrogen and oxygen atoms in total. The van der Waals surface area contributed by atoms with E-state index in [1.807, 2.05) is 0 Å². The van der Waals surface area contributed by atoms with Crippen molar-refractivity contribution in [2.75, 3.05) is 0 Å². The van der Waals surface area contributed by atoms with Gasteiger partial charge in [0.2, 0.25) is 0 Å². The van der Waals surface area contributed by atoms with Gasteiger partial charge in [0.15, 0.2) is 0 Å². The average Bonchev–Trinajstić information content (AvgIpc) is 1.65. The summed E-state index contributed by atoms with van der Waals surface area (Å²) in [5, 5.41) is 7.59. The topological polar surface area (TPSA) is 46.5 Å². The summed E-state index contributed by atoms with van der Waals surface area (Å²) >= 11 is 0. The summed E-state index contributed by atoms with van der Waals surface area (Å²) in [4.78, 5) is 13.2. The summed E-state index contributed by atoms with van der Waals surface area (Å²) in [5.41, 5.74) is 0.183. The van der Waals surface area contributed by atoms with Gasteiger partial charge in [0.25, 0.3) is 0 Å². The third-order valence-corrected chi connectivity index (χ3v) is 0.431. The van der Waals surface area contributed by atoms with E-state index in [9.17, 15) is 4.79 Å². The van der Waals surface area contributed by atoms with Crippen molar-refractivity contribution >= 4 is 5.97 Å². The van der Waals surface area contributed by atoms with Gasteiger partial charge in [-0.2, -0.15) is 5.26 Å². The Morgan fingerprint density at radius 2 is 2.00 bits per heavy atom. The maximum Gasteiger partial charge on any atom is 0.367 e. The van der Waals surface area contributed by atoms with Crippen LogP contribution in [0.1, 0.15) is 6.92 Å². The van der Waals surface area contributed by atoms with Crippen molar-refractivity contribution in [2.24, 2.45) is 0 Å². The van der Waals surface area contributed by atoms with Crippen molar-refractivity contribution < 1.29 is 46.1 Å². The first-order valence-corrected chi connectivity index (χ1v) is 1.69. The molecular weight excluding hydrogens is 346 g/mol. The molecule has 0 unspecified atom stereocenters. The van der Waals surface area contributed by atoms with E-state index in [0.717, 1.165) is 0 Å². The Balaban J connectivity index is -0.000000180. The van der Waals surface area contributed by atoms with Gasteiger partial charge in [0, 0.05) is 36.7 Å². The zero-order valence-electron chi connectivity index (χ0n) is 5.47. The molecule has 0 saturated heterocycles. The molecule has 0 aromatic carbocycles. The van der Waals surface area contributed by atoms with E-state index in [4.69, 9.17) is 5.26 Å². The fraction of sp³-hybridized carbons (Fsp3) is 0.200. The van der Waals surface area contributed by atoms with Crippen LogP contribution in [0.5, 0.6) is 0 Å². The van der Waals surface area contributed by atoms with Crippen LogP contribution in [0.3, 0.4) is 0 Å². The Kier molecular flexibility index (Phi) is 14.7. The minimum atomic E-state index is -0.792. The van der Waals surface area contributed by atoms with Gasteiger partial charge in [-0.25, -0.2) is 4.79 Å². The number of hydrogen-bond acceptors (Lipinski definition) is 3. The van der Waals surface area contributed by atoms with Crippen molar-refractivity contribution in [3.8, 4) is 0 Å². The van der Waals surface area contributed by atoms with Crippen LogP contribution >= 0.6 is 0 Å². The number of rotatable bonds is 1. The third-order valence-electron chi connectivity index (χ3n) is 0.431. The van der Waals surface area contributed by atoms with Gasteiger partial charge in [-0.1, -0.05) is 6.58 Å². The molecule has 0 aliphatic rings. The molecule has 0 bridgehead atoms. The molecule has 9 heavy (non-hydrogen) atoms. The van der Waals surface area contributed by atoms with Gasteiger partial charge in [0.1, 0.15) is 0 Å².